The number of ketones is 1. The van der Waals surface area contributed by atoms with E-state index < -0.39 is 0 Å². The largest absolute Gasteiger partial charge is 0.327 e. The van der Waals surface area contributed by atoms with E-state index in [4.69, 9.17) is 5.73 Å². The summed E-state index contributed by atoms with van der Waals surface area (Å²) < 4.78 is 0. The predicted octanol–water partition coefficient (Wildman–Crippen LogP) is 2.96. The summed E-state index contributed by atoms with van der Waals surface area (Å²) >= 11 is 0. The van der Waals surface area contributed by atoms with Crippen LogP contribution >= 0.6 is 0 Å². The maximum Gasteiger partial charge on any atom is 0.160 e. The van der Waals surface area contributed by atoms with E-state index >= 15 is 0 Å². The van der Waals surface area contributed by atoms with Gasteiger partial charge in [0.05, 0.1) is 0 Å². The number of carbonyl (C=O) groups excluding carboxylic acids is 1. The number of nitrogens with two attached hydrogens (primary N) is 1. The summed E-state index contributed by atoms with van der Waals surface area (Å²) in [5.41, 5.74) is 6.84. The van der Waals surface area contributed by atoms with Crippen LogP contribution in [-0.4, -0.2) is 11.8 Å². The maximum absolute atomic E-state index is 11.9. The molecule has 2 nitrogen and oxygen atoms in total. The van der Waals surface area contributed by atoms with E-state index in [9.17, 15) is 4.79 Å². The first-order valence-electron chi connectivity index (χ1n) is 6.22. The highest BCUT2D eigenvalue weighted by atomic mass is 16.1. The SMILES string of the molecule is CCC(N)CC(=O)C1=CCCCCCC1. The molecule has 1 aliphatic carbocycles. The van der Waals surface area contributed by atoms with Crippen LogP contribution in [0.2, 0.25) is 0 Å². The van der Waals surface area contributed by atoms with Crippen LogP contribution in [0.5, 0.6) is 0 Å². The molecule has 86 valence electrons. The third-order valence-electron chi connectivity index (χ3n) is 3.12. The Morgan fingerprint density at radius 2 is 2.13 bits per heavy atom. The van der Waals surface area contributed by atoms with Gasteiger partial charge in [0.15, 0.2) is 5.78 Å². The lowest BCUT2D eigenvalue weighted by Gasteiger charge is -2.12. The van der Waals surface area contributed by atoms with Gasteiger partial charge < -0.3 is 5.73 Å². The van der Waals surface area contributed by atoms with E-state index in [1.54, 1.807) is 0 Å². The fourth-order valence-electron chi connectivity index (χ4n) is 1.96. The average Bonchev–Trinajstić information content (AvgIpc) is 2.16. The Kier molecular flexibility index (Phi) is 5.62. The Morgan fingerprint density at radius 1 is 1.40 bits per heavy atom. The summed E-state index contributed by atoms with van der Waals surface area (Å²) in [6.45, 7) is 2.03. The van der Waals surface area contributed by atoms with Gasteiger partial charge in [-0.25, -0.2) is 0 Å². The second-order valence-electron chi connectivity index (χ2n) is 4.48. The normalized spacial score (nSPS) is 20.0. The van der Waals surface area contributed by atoms with Crippen molar-refractivity contribution >= 4 is 5.78 Å². The minimum Gasteiger partial charge on any atom is -0.327 e. The van der Waals surface area contributed by atoms with Crippen LogP contribution in [0, 0.1) is 0 Å². The van der Waals surface area contributed by atoms with Crippen molar-refractivity contribution in [3.63, 3.8) is 0 Å². The summed E-state index contributed by atoms with van der Waals surface area (Å²) in [5.74, 6) is 0.284. The van der Waals surface area contributed by atoms with Crippen molar-refractivity contribution in [2.75, 3.05) is 0 Å². The Labute approximate surface area is 92.9 Å². The molecular formula is C13H23NO. The zero-order valence-electron chi connectivity index (χ0n) is 9.80. The molecule has 0 saturated heterocycles. The smallest absolute Gasteiger partial charge is 0.160 e. The van der Waals surface area contributed by atoms with E-state index in [1.165, 1.54) is 25.7 Å². The number of rotatable bonds is 4. The van der Waals surface area contributed by atoms with Crippen LogP contribution in [-0.2, 0) is 4.79 Å². The zero-order valence-corrected chi connectivity index (χ0v) is 9.80. The molecule has 2 heteroatoms. The van der Waals surface area contributed by atoms with Gasteiger partial charge in [-0.1, -0.05) is 25.8 Å². The number of allylic oxidation sites excluding steroid dienone is 2. The molecule has 0 aliphatic heterocycles. The van der Waals surface area contributed by atoms with E-state index in [-0.39, 0.29) is 11.8 Å². The highest BCUT2D eigenvalue weighted by molar-refractivity contribution is 5.95. The second-order valence-corrected chi connectivity index (χ2v) is 4.48. The lowest BCUT2D eigenvalue weighted by molar-refractivity contribution is -0.116. The molecule has 1 atom stereocenters. The quantitative estimate of drug-likeness (QED) is 0.773. The molecule has 1 aliphatic rings. The van der Waals surface area contributed by atoms with Gasteiger partial charge in [0.1, 0.15) is 0 Å². The predicted molar refractivity (Wildman–Crippen MR) is 63.7 cm³/mol. The van der Waals surface area contributed by atoms with Crippen LogP contribution in [0.1, 0.15) is 58.3 Å². The number of carbonyl (C=O) groups is 1. The first-order valence-corrected chi connectivity index (χ1v) is 6.22. The van der Waals surface area contributed by atoms with Crippen LogP contribution in [0.3, 0.4) is 0 Å². The van der Waals surface area contributed by atoms with Gasteiger partial charge in [-0.3, -0.25) is 4.79 Å². The topological polar surface area (TPSA) is 43.1 Å². The lowest BCUT2D eigenvalue weighted by atomic mass is 9.94. The molecule has 1 unspecified atom stereocenters. The molecule has 0 aromatic rings. The molecule has 0 aromatic carbocycles. The van der Waals surface area contributed by atoms with Crippen molar-refractivity contribution in [2.45, 2.75) is 64.3 Å². The zero-order chi connectivity index (χ0) is 11.1. The molecule has 0 fully saturated rings. The third kappa shape index (κ3) is 4.61. The van der Waals surface area contributed by atoms with E-state index in [2.05, 4.69) is 6.08 Å². The van der Waals surface area contributed by atoms with Gasteiger partial charge in [0.25, 0.3) is 0 Å². The van der Waals surface area contributed by atoms with Crippen LogP contribution in [0.15, 0.2) is 11.6 Å². The summed E-state index contributed by atoms with van der Waals surface area (Å²) in [4.78, 5) is 11.9. The molecule has 2 N–H and O–H groups in total. The van der Waals surface area contributed by atoms with E-state index in [0.29, 0.717) is 6.42 Å². The number of hydrogen-bond acceptors (Lipinski definition) is 2. The van der Waals surface area contributed by atoms with Crippen molar-refractivity contribution in [2.24, 2.45) is 5.73 Å². The molecular weight excluding hydrogens is 186 g/mol. The summed E-state index contributed by atoms with van der Waals surface area (Å²) in [6.07, 6.45) is 10.6. The fourth-order valence-corrected chi connectivity index (χ4v) is 1.96. The van der Waals surface area contributed by atoms with Gasteiger partial charge in [-0.15, -0.1) is 0 Å². The molecule has 0 spiro atoms. The Morgan fingerprint density at radius 3 is 2.87 bits per heavy atom. The summed E-state index contributed by atoms with van der Waals surface area (Å²) in [6, 6.07) is 0.0452. The van der Waals surface area contributed by atoms with E-state index in [1.807, 2.05) is 6.92 Å². The first-order chi connectivity index (χ1) is 7.24. The van der Waals surface area contributed by atoms with Crippen molar-refractivity contribution in [3.05, 3.63) is 11.6 Å². The molecule has 0 aromatic heterocycles. The lowest BCUT2D eigenvalue weighted by Crippen LogP contribution is -2.23. The third-order valence-corrected chi connectivity index (χ3v) is 3.12. The molecule has 0 heterocycles. The van der Waals surface area contributed by atoms with Crippen molar-refractivity contribution in [1.82, 2.24) is 0 Å². The number of Topliss-reactive ketones (excluding diaryl/α,β-unsaturated/α-hetero) is 1. The minimum atomic E-state index is 0.0452. The van der Waals surface area contributed by atoms with Gasteiger partial charge in [0, 0.05) is 12.5 Å². The first kappa shape index (κ1) is 12.4. The molecule has 0 amide bonds. The van der Waals surface area contributed by atoms with E-state index in [0.717, 1.165) is 24.8 Å². The highest BCUT2D eigenvalue weighted by Gasteiger charge is 2.13. The maximum atomic E-state index is 11.9. The van der Waals surface area contributed by atoms with Crippen LogP contribution in [0.4, 0.5) is 0 Å². The van der Waals surface area contributed by atoms with Crippen molar-refractivity contribution < 1.29 is 4.79 Å². The van der Waals surface area contributed by atoms with Crippen LogP contribution < -0.4 is 5.73 Å². The highest BCUT2D eigenvalue weighted by Crippen LogP contribution is 2.19. The monoisotopic (exact) mass is 209 g/mol. The Balaban J connectivity index is 2.48. The second kappa shape index (κ2) is 6.78. The minimum absolute atomic E-state index is 0.0452. The van der Waals surface area contributed by atoms with Crippen molar-refractivity contribution in [3.8, 4) is 0 Å². The summed E-state index contributed by atoms with van der Waals surface area (Å²) in [7, 11) is 0. The van der Waals surface area contributed by atoms with Gasteiger partial charge in [0.2, 0.25) is 0 Å². The number of hydrogen-bond donors (Lipinski definition) is 1. The summed E-state index contributed by atoms with van der Waals surface area (Å²) in [5, 5.41) is 0. The molecule has 0 saturated carbocycles. The molecule has 15 heavy (non-hydrogen) atoms. The van der Waals surface area contributed by atoms with Crippen molar-refractivity contribution in [1.29, 1.82) is 0 Å². The molecule has 0 radical (unpaired) electrons. The standard InChI is InChI=1S/C13H23NO/c1-2-12(14)10-13(15)11-8-6-4-3-5-7-9-11/h8,12H,2-7,9-10,14H2,1H3. The van der Waals surface area contributed by atoms with Gasteiger partial charge in [-0.05, 0) is 37.7 Å². The molecule has 0 bridgehead atoms. The Bertz CT molecular complexity index is 233. The fraction of sp³-hybridized carbons (Fsp3) is 0.769. The van der Waals surface area contributed by atoms with Crippen LogP contribution in [0.25, 0.3) is 0 Å². The van der Waals surface area contributed by atoms with Gasteiger partial charge in [-0.2, -0.15) is 0 Å². The van der Waals surface area contributed by atoms with Gasteiger partial charge >= 0.3 is 0 Å². The Hall–Kier alpha value is -0.630. The average molecular weight is 209 g/mol. The molecule has 1 rings (SSSR count).